The molecule has 0 spiro atoms. The Morgan fingerprint density at radius 2 is 2.03 bits per heavy atom. The summed E-state index contributed by atoms with van der Waals surface area (Å²) in [5.41, 5.74) is 0. The summed E-state index contributed by atoms with van der Waals surface area (Å²) in [7, 11) is 0. The number of rotatable bonds is 12. The molecule has 3 rings (SSSR count). The summed E-state index contributed by atoms with van der Waals surface area (Å²) in [6.45, 7) is 5.56. The van der Waals surface area contributed by atoms with Gasteiger partial charge in [0.2, 0.25) is 11.7 Å². The Kier molecular flexibility index (Phi) is 8.83. The van der Waals surface area contributed by atoms with Gasteiger partial charge in [-0.3, -0.25) is 14.3 Å². The summed E-state index contributed by atoms with van der Waals surface area (Å²) in [5, 5.41) is 25.4. The van der Waals surface area contributed by atoms with Gasteiger partial charge in [-0.05, 0) is 31.4 Å². The number of carbonyl (C=O) groups excluding carboxylic acids is 2. The minimum absolute atomic E-state index is 0.000917. The Morgan fingerprint density at radius 1 is 1.29 bits per heavy atom. The van der Waals surface area contributed by atoms with E-state index in [9.17, 15) is 19.1 Å². The topological polar surface area (TPSA) is 126 Å². The van der Waals surface area contributed by atoms with Crippen molar-refractivity contribution in [1.29, 1.82) is 0 Å². The van der Waals surface area contributed by atoms with Gasteiger partial charge >= 0.3 is 0 Å². The highest BCUT2D eigenvalue weighted by atomic mass is 19.1. The lowest BCUT2D eigenvalue weighted by molar-refractivity contribution is -0.133. The van der Waals surface area contributed by atoms with Crippen LogP contribution in [0.3, 0.4) is 0 Å². The summed E-state index contributed by atoms with van der Waals surface area (Å²) in [4.78, 5) is 27.3. The second-order valence-electron chi connectivity index (χ2n) is 8.57. The molecule has 2 amide bonds. The van der Waals surface area contributed by atoms with Gasteiger partial charge in [0.1, 0.15) is 11.8 Å². The van der Waals surface area contributed by atoms with Crippen LogP contribution in [-0.4, -0.2) is 68.6 Å². The van der Waals surface area contributed by atoms with E-state index in [4.69, 9.17) is 14.6 Å². The first-order valence-corrected chi connectivity index (χ1v) is 11.4. The van der Waals surface area contributed by atoms with E-state index in [1.165, 1.54) is 27.8 Å². The molecular formula is C24H31FN4O6. The molecule has 0 bridgehead atoms. The molecule has 0 radical (unpaired) electrons. The number of aliphatic hydroxyl groups excluding tert-OH is 2. The number of aromatic nitrogens is 2. The third-order valence-electron chi connectivity index (χ3n) is 5.24. The number of aliphatic hydroxyl groups is 2. The molecule has 11 heteroatoms. The fraction of sp³-hybridized carbons (Fsp3) is 0.458. The first-order valence-electron chi connectivity index (χ1n) is 11.4. The first kappa shape index (κ1) is 26.2. The number of benzene rings is 1. The lowest BCUT2D eigenvalue weighted by Gasteiger charge is -2.28. The lowest BCUT2D eigenvalue weighted by Crippen LogP contribution is -2.46. The molecule has 2 heterocycles. The maximum absolute atomic E-state index is 14.6. The summed E-state index contributed by atoms with van der Waals surface area (Å²) in [6.07, 6.45) is 2.22. The molecule has 0 aliphatic carbocycles. The van der Waals surface area contributed by atoms with Crippen LogP contribution in [-0.2, 0) is 16.1 Å². The van der Waals surface area contributed by atoms with E-state index in [0.29, 0.717) is 13.0 Å². The quantitative estimate of drug-likeness (QED) is 0.415. The van der Waals surface area contributed by atoms with Crippen molar-refractivity contribution in [1.82, 2.24) is 14.7 Å². The van der Waals surface area contributed by atoms with E-state index in [1.54, 1.807) is 25.3 Å². The third-order valence-corrected chi connectivity index (χ3v) is 5.24. The Bertz CT molecular complexity index is 1070. The van der Waals surface area contributed by atoms with Gasteiger partial charge in [-0.15, -0.1) is 0 Å². The zero-order chi connectivity index (χ0) is 25.5. The molecule has 2 aromatic rings. The summed E-state index contributed by atoms with van der Waals surface area (Å²) in [5.74, 6) is -0.975. The number of ether oxygens (including phenoxy) is 2. The normalized spacial score (nSPS) is 15.2. The zero-order valence-corrected chi connectivity index (χ0v) is 20.0. The monoisotopic (exact) mass is 490 g/mol. The van der Waals surface area contributed by atoms with Crippen LogP contribution in [0.25, 0.3) is 0 Å². The molecule has 0 saturated heterocycles. The molecule has 35 heavy (non-hydrogen) atoms. The van der Waals surface area contributed by atoms with E-state index in [2.05, 4.69) is 10.4 Å². The maximum atomic E-state index is 14.6. The molecule has 0 unspecified atom stereocenters. The molecule has 1 aliphatic heterocycles. The van der Waals surface area contributed by atoms with Gasteiger partial charge in [0.25, 0.3) is 5.91 Å². The minimum Gasteiger partial charge on any atom is -0.491 e. The Balaban J connectivity index is 1.70. The predicted molar refractivity (Wildman–Crippen MR) is 125 cm³/mol. The Hall–Kier alpha value is -3.44. The molecular weight excluding hydrogens is 459 g/mol. The van der Waals surface area contributed by atoms with Crippen LogP contribution in [0.2, 0.25) is 0 Å². The van der Waals surface area contributed by atoms with Crippen LogP contribution in [0.15, 0.2) is 42.3 Å². The molecule has 3 N–H and O–H groups in total. The van der Waals surface area contributed by atoms with Crippen LogP contribution in [0.5, 0.6) is 11.5 Å². The molecule has 1 aliphatic rings. The molecule has 2 atom stereocenters. The van der Waals surface area contributed by atoms with Crippen molar-refractivity contribution in [2.24, 2.45) is 5.92 Å². The molecule has 1 aromatic heterocycles. The van der Waals surface area contributed by atoms with Crippen LogP contribution in [0.1, 0.15) is 27.2 Å². The van der Waals surface area contributed by atoms with E-state index >= 15 is 0 Å². The molecule has 1 aromatic carbocycles. The largest absolute Gasteiger partial charge is 0.491 e. The van der Waals surface area contributed by atoms with Crippen LogP contribution in [0, 0.1) is 11.7 Å². The maximum Gasteiger partial charge on any atom is 0.251 e. The third kappa shape index (κ3) is 6.80. The van der Waals surface area contributed by atoms with Gasteiger partial charge in [-0.25, -0.2) is 0 Å². The molecule has 190 valence electrons. The molecule has 10 nitrogen and oxygen atoms in total. The minimum atomic E-state index is -0.974. The average Bonchev–Trinajstić information content (AvgIpc) is 3.40. The van der Waals surface area contributed by atoms with Crippen molar-refractivity contribution in [3.05, 3.63) is 48.1 Å². The van der Waals surface area contributed by atoms with Gasteiger partial charge in [0.05, 0.1) is 32.4 Å². The van der Waals surface area contributed by atoms with Crippen molar-refractivity contribution in [3.8, 4) is 11.5 Å². The van der Waals surface area contributed by atoms with Crippen molar-refractivity contribution in [2.75, 3.05) is 25.1 Å². The fourth-order valence-corrected chi connectivity index (χ4v) is 3.65. The van der Waals surface area contributed by atoms with Crippen LogP contribution >= 0.6 is 0 Å². The zero-order valence-electron chi connectivity index (χ0n) is 20.0. The van der Waals surface area contributed by atoms with E-state index in [1.807, 2.05) is 13.8 Å². The summed E-state index contributed by atoms with van der Waals surface area (Å²) in [6, 6.07) is 5.26. The van der Waals surface area contributed by atoms with Gasteiger partial charge in [0, 0.05) is 18.3 Å². The lowest BCUT2D eigenvalue weighted by atomic mass is 10.0. The summed E-state index contributed by atoms with van der Waals surface area (Å²) < 4.78 is 26.9. The highest BCUT2D eigenvalue weighted by Gasteiger charge is 2.35. The van der Waals surface area contributed by atoms with E-state index in [0.717, 1.165) is 0 Å². The molecule has 0 saturated carbocycles. The van der Waals surface area contributed by atoms with Gasteiger partial charge in [0.15, 0.2) is 17.3 Å². The molecule has 0 fully saturated rings. The Labute approximate surface area is 202 Å². The SMILES string of the molecule is CCOc1cccc(OC2=CC(=O)N([C@@H](CC(C)C)C(=O)Nc3ccn(C[C@@H](O)CO)n3)C2)c1F. The fourth-order valence-electron chi connectivity index (χ4n) is 3.65. The second-order valence-corrected chi connectivity index (χ2v) is 8.57. The Morgan fingerprint density at radius 3 is 2.71 bits per heavy atom. The number of hydrogen-bond acceptors (Lipinski definition) is 7. The summed E-state index contributed by atoms with van der Waals surface area (Å²) >= 11 is 0. The standard InChI is InChI=1S/C24H31FN4O6/c1-4-34-19-6-5-7-20(23(19)25)35-17-11-22(32)29(13-17)18(10-15(2)3)24(33)26-21-8-9-28(27-21)12-16(31)14-30/h5-9,11,15-16,18,30-31H,4,10,12-14H2,1-3H3,(H,26,27,33)/t16-,18+/m1/s1. The highest BCUT2D eigenvalue weighted by molar-refractivity contribution is 5.99. The number of halogens is 1. The number of carbonyl (C=O) groups is 2. The van der Waals surface area contributed by atoms with Crippen molar-refractivity contribution < 1.29 is 33.7 Å². The first-order chi connectivity index (χ1) is 16.7. The van der Waals surface area contributed by atoms with Crippen molar-refractivity contribution in [2.45, 2.75) is 45.9 Å². The van der Waals surface area contributed by atoms with Crippen LogP contribution < -0.4 is 14.8 Å². The van der Waals surface area contributed by atoms with Crippen molar-refractivity contribution in [3.63, 3.8) is 0 Å². The van der Waals surface area contributed by atoms with Crippen molar-refractivity contribution >= 4 is 17.6 Å². The smallest absolute Gasteiger partial charge is 0.251 e. The predicted octanol–water partition coefficient (Wildman–Crippen LogP) is 1.93. The number of anilines is 1. The van der Waals surface area contributed by atoms with Gasteiger partial charge < -0.3 is 29.9 Å². The number of nitrogens with zero attached hydrogens (tertiary/aromatic N) is 3. The highest BCUT2D eigenvalue weighted by Crippen LogP contribution is 2.29. The van der Waals surface area contributed by atoms with Gasteiger partial charge in [-0.2, -0.15) is 9.49 Å². The number of hydrogen-bond donors (Lipinski definition) is 3. The van der Waals surface area contributed by atoms with Gasteiger partial charge in [-0.1, -0.05) is 19.9 Å². The number of nitrogens with one attached hydrogen (secondary N) is 1. The van der Waals surface area contributed by atoms with E-state index in [-0.39, 0.29) is 42.1 Å². The second kappa shape index (κ2) is 11.8. The van der Waals surface area contributed by atoms with E-state index < -0.39 is 36.4 Å². The number of amides is 2. The van der Waals surface area contributed by atoms with Crippen LogP contribution in [0.4, 0.5) is 10.2 Å². The average molecular weight is 491 g/mol.